The summed E-state index contributed by atoms with van der Waals surface area (Å²) in [5.74, 6) is 0.974. The van der Waals surface area contributed by atoms with Crippen molar-refractivity contribution < 1.29 is 9.59 Å². The van der Waals surface area contributed by atoms with E-state index in [1.807, 2.05) is 133 Å². The van der Waals surface area contributed by atoms with Gasteiger partial charge in [0.2, 0.25) is 0 Å². The van der Waals surface area contributed by atoms with Crippen molar-refractivity contribution in [3.8, 4) is 0 Å². The molecule has 5 aromatic rings. The van der Waals surface area contributed by atoms with Gasteiger partial charge in [0, 0.05) is 22.9 Å². The fourth-order valence-corrected chi connectivity index (χ4v) is 6.31. The van der Waals surface area contributed by atoms with Gasteiger partial charge in [-0.1, -0.05) is 157 Å². The minimum absolute atomic E-state index is 0.140. The van der Waals surface area contributed by atoms with Crippen LogP contribution in [0.15, 0.2) is 133 Å². The second kappa shape index (κ2) is 16.5. The van der Waals surface area contributed by atoms with Gasteiger partial charge in [-0.3, -0.25) is 9.59 Å². The van der Waals surface area contributed by atoms with Gasteiger partial charge in [-0.25, -0.2) is 0 Å². The van der Waals surface area contributed by atoms with Crippen molar-refractivity contribution in [2.45, 2.75) is 25.4 Å². The molecule has 0 atom stereocenters. The number of amides is 2. The van der Waals surface area contributed by atoms with Gasteiger partial charge in [0.25, 0.3) is 10.5 Å². The van der Waals surface area contributed by atoms with Crippen molar-refractivity contribution in [1.29, 1.82) is 0 Å². The normalized spacial score (nSPS) is 11.6. The molecule has 0 heterocycles. The third-order valence-corrected chi connectivity index (χ3v) is 9.04. The van der Waals surface area contributed by atoms with Gasteiger partial charge in [0.05, 0.1) is 0 Å². The summed E-state index contributed by atoms with van der Waals surface area (Å²) in [5, 5.41) is 5.95. The highest BCUT2D eigenvalue weighted by Gasteiger charge is 2.14. The lowest BCUT2D eigenvalue weighted by Gasteiger charge is -2.15. The van der Waals surface area contributed by atoms with Crippen molar-refractivity contribution in [3.05, 3.63) is 178 Å². The summed E-state index contributed by atoms with van der Waals surface area (Å²) in [5.41, 5.74) is 9.76. The van der Waals surface area contributed by atoms with Gasteiger partial charge in [0.1, 0.15) is 0 Å². The first-order valence-corrected chi connectivity index (χ1v) is 17.0. The van der Waals surface area contributed by atoms with Crippen LogP contribution in [-0.2, 0) is 11.5 Å². The van der Waals surface area contributed by atoms with E-state index in [0.29, 0.717) is 11.5 Å². The minimum atomic E-state index is -0.140. The molecule has 0 aliphatic carbocycles. The average molecular weight is 641 g/mol. The van der Waals surface area contributed by atoms with Crippen LogP contribution in [0.4, 0.5) is 9.59 Å². The summed E-state index contributed by atoms with van der Waals surface area (Å²) >= 11 is 2.45. The summed E-state index contributed by atoms with van der Waals surface area (Å²) < 4.78 is 0. The van der Waals surface area contributed by atoms with Crippen molar-refractivity contribution in [2.24, 2.45) is 0 Å². The molecule has 0 aromatic heterocycles. The first-order chi connectivity index (χ1) is 22.4. The van der Waals surface area contributed by atoms with E-state index in [-0.39, 0.29) is 10.5 Å². The standard InChI is InChI=1S/C40H36N2O2S2/c1-29-23-35(27-45-39(43)41-37(33-19-11-5-12-20-33)25-31-15-7-3-8-16-31)36(24-30(29)2)28-46-40(44)42-38(34-21-13-6-14-22-34)26-32-17-9-4-10-18-32/h3-26H,27-28H2,1-2H3,(H,41,43)(H,42,44)/b37-25+,38-26+. The van der Waals surface area contributed by atoms with Crippen molar-refractivity contribution in [1.82, 2.24) is 10.6 Å². The summed E-state index contributed by atoms with van der Waals surface area (Å²) in [6, 6.07) is 43.9. The Morgan fingerprint density at radius 1 is 0.522 bits per heavy atom. The molecule has 0 aliphatic rings. The largest absolute Gasteiger partial charge is 0.316 e. The number of thioether (sulfide) groups is 2. The molecular formula is C40H36N2O2S2. The highest BCUT2D eigenvalue weighted by molar-refractivity contribution is 8.13. The summed E-state index contributed by atoms with van der Waals surface area (Å²) in [6.07, 6.45) is 3.97. The van der Waals surface area contributed by atoms with Gasteiger partial charge in [0.15, 0.2) is 0 Å². The maximum atomic E-state index is 13.3. The van der Waals surface area contributed by atoms with Crippen molar-refractivity contribution in [3.63, 3.8) is 0 Å². The Balaban J connectivity index is 1.27. The summed E-state index contributed by atoms with van der Waals surface area (Å²) in [7, 11) is 0. The lowest BCUT2D eigenvalue weighted by molar-refractivity contribution is 0.263. The van der Waals surface area contributed by atoms with Gasteiger partial charge in [-0.15, -0.1) is 0 Å². The molecule has 46 heavy (non-hydrogen) atoms. The van der Waals surface area contributed by atoms with E-state index in [9.17, 15) is 9.59 Å². The molecule has 0 bridgehead atoms. The zero-order valence-electron chi connectivity index (χ0n) is 25.9. The molecule has 230 valence electrons. The zero-order chi connectivity index (χ0) is 32.1. The number of carbonyl (C=O) groups is 2. The van der Waals surface area contributed by atoms with Crippen LogP contribution in [0.3, 0.4) is 0 Å². The third kappa shape index (κ3) is 9.61. The van der Waals surface area contributed by atoms with Crippen LogP contribution in [0.2, 0.25) is 0 Å². The highest BCUT2D eigenvalue weighted by atomic mass is 32.2. The first kappa shape index (κ1) is 32.6. The molecule has 4 nitrogen and oxygen atoms in total. The Bertz CT molecular complexity index is 1690. The second-order valence-electron chi connectivity index (χ2n) is 10.8. The highest BCUT2D eigenvalue weighted by Crippen LogP contribution is 2.27. The molecule has 0 aliphatic heterocycles. The van der Waals surface area contributed by atoms with E-state index in [0.717, 1.165) is 55.9 Å². The van der Waals surface area contributed by atoms with Crippen LogP contribution >= 0.6 is 23.5 Å². The molecule has 5 rings (SSSR count). The van der Waals surface area contributed by atoms with Gasteiger partial charge in [-0.2, -0.15) is 0 Å². The molecule has 0 saturated carbocycles. The van der Waals surface area contributed by atoms with E-state index in [4.69, 9.17) is 0 Å². The number of carbonyl (C=O) groups excluding carboxylic acids is 2. The lowest BCUT2D eigenvalue weighted by atomic mass is 10.0. The van der Waals surface area contributed by atoms with Gasteiger partial charge >= 0.3 is 0 Å². The van der Waals surface area contributed by atoms with Gasteiger partial charge in [-0.05, 0) is 70.5 Å². The fourth-order valence-electron chi connectivity index (χ4n) is 4.83. The number of benzene rings is 5. The van der Waals surface area contributed by atoms with Crippen LogP contribution in [0.1, 0.15) is 44.5 Å². The van der Waals surface area contributed by atoms with Crippen LogP contribution in [-0.4, -0.2) is 10.5 Å². The molecule has 0 radical (unpaired) electrons. The maximum Gasteiger partial charge on any atom is 0.283 e. The van der Waals surface area contributed by atoms with E-state index < -0.39 is 0 Å². The Labute approximate surface area is 280 Å². The summed E-state index contributed by atoms with van der Waals surface area (Å²) in [4.78, 5) is 26.5. The molecule has 0 spiro atoms. The van der Waals surface area contributed by atoms with Crippen LogP contribution < -0.4 is 10.6 Å². The Hall–Kier alpha value is -4.78. The van der Waals surface area contributed by atoms with Crippen molar-refractivity contribution in [2.75, 3.05) is 0 Å². The SMILES string of the molecule is Cc1cc(CSC(=O)N/C(=C/c2ccccc2)c2ccccc2)c(CSC(=O)N/C(=C/c2ccccc2)c2ccccc2)cc1C. The predicted molar refractivity (Wildman–Crippen MR) is 197 cm³/mol. The number of aryl methyl sites for hydroxylation is 2. The van der Waals surface area contributed by atoms with Crippen LogP contribution in [0.5, 0.6) is 0 Å². The smallest absolute Gasteiger partial charge is 0.283 e. The van der Waals surface area contributed by atoms with E-state index in [1.54, 1.807) is 0 Å². The van der Waals surface area contributed by atoms with Crippen LogP contribution in [0.25, 0.3) is 23.5 Å². The molecule has 2 N–H and O–H groups in total. The second-order valence-corrected chi connectivity index (χ2v) is 12.7. The van der Waals surface area contributed by atoms with Crippen molar-refractivity contribution >= 4 is 57.5 Å². The quantitative estimate of drug-likeness (QED) is 0.149. The number of nitrogens with one attached hydrogen (secondary N) is 2. The molecule has 0 unspecified atom stereocenters. The fraction of sp³-hybridized carbons (Fsp3) is 0.100. The zero-order valence-corrected chi connectivity index (χ0v) is 27.5. The Morgan fingerprint density at radius 2 is 0.848 bits per heavy atom. The maximum absolute atomic E-state index is 13.3. The average Bonchev–Trinajstić information content (AvgIpc) is 3.09. The minimum Gasteiger partial charge on any atom is -0.316 e. The Kier molecular flexibility index (Phi) is 11.7. The lowest BCUT2D eigenvalue weighted by Crippen LogP contribution is -2.18. The monoisotopic (exact) mass is 640 g/mol. The third-order valence-electron chi connectivity index (χ3n) is 7.40. The molecule has 5 aromatic carbocycles. The Morgan fingerprint density at radius 3 is 1.20 bits per heavy atom. The van der Waals surface area contributed by atoms with E-state index >= 15 is 0 Å². The van der Waals surface area contributed by atoms with Crippen LogP contribution in [0, 0.1) is 13.8 Å². The van der Waals surface area contributed by atoms with E-state index in [1.165, 1.54) is 23.5 Å². The molecule has 2 amide bonds. The molecule has 0 saturated heterocycles. The number of hydrogen-bond acceptors (Lipinski definition) is 4. The predicted octanol–water partition coefficient (Wildman–Crippen LogP) is 10.6. The van der Waals surface area contributed by atoms with E-state index in [2.05, 4.69) is 36.6 Å². The van der Waals surface area contributed by atoms with Gasteiger partial charge < -0.3 is 10.6 Å². The number of hydrogen-bond donors (Lipinski definition) is 2. The molecular weight excluding hydrogens is 605 g/mol. The first-order valence-electron chi connectivity index (χ1n) is 15.1. The topological polar surface area (TPSA) is 58.2 Å². The molecule has 0 fully saturated rings. The summed E-state index contributed by atoms with van der Waals surface area (Å²) in [6.45, 7) is 4.15. The molecule has 6 heteroatoms. The number of rotatable bonds is 10.